The molecule has 2 rings (SSSR count). The highest BCUT2D eigenvalue weighted by atomic mass is 127. The number of guanidine groups is 1. The fourth-order valence-corrected chi connectivity index (χ4v) is 4.50. The summed E-state index contributed by atoms with van der Waals surface area (Å²) < 4.78 is 1.34. The van der Waals surface area contributed by atoms with E-state index in [9.17, 15) is 0 Å². The molecule has 2 aromatic heterocycles. The average molecular weight is 576 g/mol. The Morgan fingerprint density at radius 2 is 2.04 bits per heavy atom. The molecule has 0 bridgehead atoms. The lowest BCUT2D eigenvalue weighted by Crippen LogP contribution is -2.38. The molecule has 2 heterocycles. The Hall–Kier alpha value is 0.0600. The summed E-state index contributed by atoms with van der Waals surface area (Å²) in [5, 5.41) is 7.74. The van der Waals surface area contributed by atoms with E-state index in [0.29, 0.717) is 6.54 Å². The van der Waals surface area contributed by atoms with Gasteiger partial charge in [0, 0.05) is 22.8 Å². The van der Waals surface area contributed by atoms with Gasteiger partial charge in [-0.2, -0.15) is 0 Å². The molecule has 128 valence electrons. The molecular formula is C15H22I2N4S2. The fourth-order valence-electron chi connectivity index (χ4n) is 1.89. The van der Waals surface area contributed by atoms with Gasteiger partial charge in [-0.3, -0.25) is 0 Å². The molecule has 0 aliphatic rings. The summed E-state index contributed by atoms with van der Waals surface area (Å²) in [6, 6.07) is 4.35. The van der Waals surface area contributed by atoms with E-state index in [1.54, 1.807) is 11.3 Å². The third-order valence-electron chi connectivity index (χ3n) is 3.08. The van der Waals surface area contributed by atoms with Crippen LogP contribution in [0.15, 0.2) is 17.1 Å². The van der Waals surface area contributed by atoms with Gasteiger partial charge in [0.15, 0.2) is 5.96 Å². The second-order valence-electron chi connectivity index (χ2n) is 4.83. The summed E-state index contributed by atoms with van der Waals surface area (Å²) >= 11 is 5.93. The fraction of sp³-hybridized carbons (Fsp3) is 0.467. The quantitative estimate of drug-likeness (QED) is 0.306. The van der Waals surface area contributed by atoms with E-state index in [-0.39, 0.29) is 24.0 Å². The summed E-state index contributed by atoms with van der Waals surface area (Å²) in [7, 11) is 0. The Balaban J connectivity index is 0.00000264. The highest BCUT2D eigenvalue weighted by Gasteiger charge is 2.04. The largest absolute Gasteiger partial charge is 0.357 e. The zero-order valence-electron chi connectivity index (χ0n) is 13.5. The normalized spacial score (nSPS) is 11.2. The molecule has 0 aliphatic carbocycles. The molecule has 23 heavy (non-hydrogen) atoms. The molecule has 0 saturated heterocycles. The van der Waals surface area contributed by atoms with Gasteiger partial charge in [0.2, 0.25) is 0 Å². The van der Waals surface area contributed by atoms with Crippen molar-refractivity contribution in [2.75, 3.05) is 13.1 Å². The third kappa shape index (κ3) is 7.22. The first-order valence-corrected chi connectivity index (χ1v) is 9.99. The van der Waals surface area contributed by atoms with Gasteiger partial charge in [-0.15, -0.1) is 46.7 Å². The van der Waals surface area contributed by atoms with E-state index < -0.39 is 0 Å². The van der Waals surface area contributed by atoms with Gasteiger partial charge >= 0.3 is 0 Å². The van der Waals surface area contributed by atoms with Crippen molar-refractivity contribution in [3.05, 3.63) is 35.5 Å². The number of aryl methyl sites for hydroxylation is 2. The number of aliphatic imine (C=N–C) groups is 1. The molecule has 2 aromatic rings. The number of halogens is 2. The van der Waals surface area contributed by atoms with Gasteiger partial charge in [-0.1, -0.05) is 0 Å². The number of hydrogen-bond acceptors (Lipinski definition) is 4. The molecule has 0 amide bonds. The Morgan fingerprint density at radius 3 is 2.61 bits per heavy atom. The maximum Gasteiger partial charge on any atom is 0.191 e. The lowest BCUT2D eigenvalue weighted by Gasteiger charge is -2.10. The minimum Gasteiger partial charge on any atom is -0.357 e. The van der Waals surface area contributed by atoms with E-state index in [0.717, 1.165) is 36.2 Å². The lowest BCUT2D eigenvalue weighted by atomic mass is 10.3. The number of aromatic nitrogens is 1. The first-order valence-electron chi connectivity index (χ1n) is 7.27. The molecule has 0 aliphatic heterocycles. The number of thiazole rings is 1. The molecule has 0 unspecified atom stereocenters. The van der Waals surface area contributed by atoms with E-state index in [4.69, 9.17) is 0 Å². The van der Waals surface area contributed by atoms with Crippen LogP contribution < -0.4 is 10.6 Å². The Bertz CT molecular complexity index is 618. The SMILES string of the molecule is CCNC(=NCc1nc(C)c(C)s1)NCCc1ccc(I)s1.I. The number of nitrogens with one attached hydrogen (secondary N) is 2. The van der Waals surface area contributed by atoms with Crippen molar-refractivity contribution in [2.24, 2.45) is 4.99 Å². The van der Waals surface area contributed by atoms with Crippen LogP contribution in [0, 0.1) is 16.7 Å². The van der Waals surface area contributed by atoms with E-state index in [1.807, 2.05) is 18.3 Å². The third-order valence-corrected chi connectivity index (χ3v) is 6.09. The number of hydrogen-bond donors (Lipinski definition) is 2. The maximum atomic E-state index is 4.62. The van der Waals surface area contributed by atoms with Gasteiger partial charge in [-0.05, 0) is 61.9 Å². The molecule has 8 heteroatoms. The van der Waals surface area contributed by atoms with Crippen LogP contribution in [0.2, 0.25) is 0 Å². The maximum absolute atomic E-state index is 4.62. The topological polar surface area (TPSA) is 49.3 Å². The summed E-state index contributed by atoms with van der Waals surface area (Å²) in [5.74, 6) is 0.860. The first kappa shape index (κ1) is 21.1. The summed E-state index contributed by atoms with van der Waals surface area (Å²) in [5.41, 5.74) is 1.11. The van der Waals surface area contributed by atoms with Crippen molar-refractivity contribution in [1.82, 2.24) is 15.6 Å². The van der Waals surface area contributed by atoms with E-state index in [1.165, 1.54) is 12.6 Å². The van der Waals surface area contributed by atoms with Crippen LogP contribution in [-0.2, 0) is 13.0 Å². The molecule has 4 nitrogen and oxygen atoms in total. The second kappa shape index (κ2) is 10.8. The Kier molecular flexibility index (Phi) is 9.94. The van der Waals surface area contributed by atoms with Crippen LogP contribution in [0.5, 0.6) is 0 Å². The minimum atomic E-state index is 0. The van der Waals surface area contributed by atoms with Crippen LogP contribution in [0.1, 0.15) is 27.4 Å². The second-order valence-corrected chi connectivity index (χ2v) is 9.18. The van der Waals surface area contributed by atoms with Crippen LogP contribution in [-0.4, -0.2) is 24.0 Å². The van der Waals surface area contributed by atoms with Crippen molar-refractivity contribution in [3.8, 4) is 0 Å². The Labute approximate surface area is 176 Å². The Morgan fingerprint density at radius 1 is 1.26 bits per heavy atom. The van der Waals surface area contributed by atoms with E-state index in [2.05, 4.69) is 69.2 Å². The van der Waals surface area contributed by atoms with E-state index >= 15 is 0 Å². The van der Waals surface area contributed by atoms with Gasteiger partial charge in [0.05, 0.1) is 15.1 Å². The highest BCUT2D eigenvalue weighted by Crippen LogP contribution is 2.18. The number of rotatable bonds is 6. The van der Waals surface area contributed by atoms with Crippen molar-refractivity contribution < 1.29 is 0 Å². The number of thiophene rings is 1. The molecule has 2 N–H and O–H groups in total. The molecule has 0 spiro atoms. The minimum absolute atomic E-state index is 0. The van der Waals surface area contributed by atoms with Crippen molar-refractivity contribution in [1.29, 1.82) is 0 Å². The zero-order chi connectivity index (χ0) is 15.9. The van der Waals surface area contributed by atoms with Crippen LogP contribution in [0.3, 0.4) is 0 Å². The van der Waals surface area contributed by atoms with Gasteiger partial charge < -0.3 is 10.6 Å². The van der Waals surface area contributed by atoms with Crippen molar-refractivity contribution in [2.45, 2.75) is 33.7 Å². The van der Waals surface area contributed by atoms with Gasteiger partial charge in [0.25, 0.3) is 0 Å². The van der Waals surface area contributed by atoms with Gasteiger partial charge in [-0.25, -0.2) is 9.98 Å². The van der Waals surface area contributed by atoms with Gasteiger partial charge in [0.1, 0.15) is 5.01 Å². The van der Waals surface area contributed by atoms with Crippen LogP contribution in [0.25, 0.3) is 0 Å². The molecule has 0 aromatic carbocycles. The monoisotopic (exact) mass is 576 g/mol. The molecule has 0 atom stereocenters. The predicted molar refractivity (Wildman–Crippen MR) is 121 cm³/mol. The predicted octanol–water partition coefficient (Wildman–Crippen LogP) is 4.34. The molecule has 0 fully saturated rings. The average Bonchev–Trinajstić information content (AvgIpc) is 3.03. The lowest BCUT2D eigenvalue weighted by molar-refractivity contribution is 0.803. The van der Waals surface area contributed by atoms with Crippen LogP contribution in [0.4, 0.5) is 0 Å². The van der Waals surface area contributed by atoms with Crippen molar-refractivity contribution in [3.63, 3.8) is 0 Å². The standard InChI is InChI=1S/C15H21IN4S2.HI/c1-4-17-15(18-8-7-12-5-6-13(16)22-12)19-9-14-20-10(2)11(3)21-14;/h5-6H,4,7-9H2,1-3H3,(H2,17,18,19);1H. The number of nitrogens with zero attached hydrogens (tertiary/aromatic N) is 2. The molecule has 0 saturated carbocycles. The summed E-state index contributed by atoms with van der Waals surface area (Å²) in [6.45, 7) is 8.61. The molecular weight excluding hydrogens is 554 g/mol. The first-order chi connectivity index (χ1) is 10.6. The molecule has 0 radical (unpaired) electrons. The van der Waals surface area contributed by atoms with Crippen LogP contribution >= 0.6 is 69.2 Å². The highest BCUT2D eigenvalue weighted by molar-refractivity contribution is 14.1. The smallest absolute Gasteiger partial charge is 0.191 e. The zero-order valence-corrected chi connectivity index (χ0v) is 19.6. The van der Waals surface area contributed by atoms with Crippen molar-refractivity contribution >= 4 is 75.2 Å². The summed E-state index contributed by atoms with van der Waals surface area (Å²) in [4.78, 5) is 11.8. The summed E-state index contributed by atoms with van der Waals surface area (Å²) in [6.07, 6.45) is 1.02.